The number of carbonyl (C=O) groups excluding carboxylic acids is 1. The molecule has 0 radical (unpaired) electrons. The lowest BCUT2D eigenvalue weighted by atomic mass is 9.89. The Hall–Kier alpha value is -0.450. The maximum Gasteiger partial charge on any atom is 0.140 e. The standard InChI is InChI=1S/C15H31NO3/c1-14(2,3)13(17)7-9-18-11-12-19-10-8-16-15(4,5)6/h16H,7-12H2,1-6H3. The van der Waals surface area contributed by atoms with Gasteiger partial charge in [-0.15, -0.1) is 0 Å². The number of ether oxygens (including phenoxy) is 2. The van der Waals surface area contributed by atoms with Crippen molar-refractivity contribution in [1.82, 2.24) is 5.32 Å². The normalized spacial score (nSPS) is 12.7. The molecule has 0 fully saturated rings. The lowest BCUT2D eigenvalue weighted by Gasteiger charge is -2.20. The van der Waals surface area contributed by atoms with E-state index < -0.39 is 0 Å². The number of hydrogen-bond donors (Lipinski definition) is 1. The van der Waals surface area contributed by atoms with E-state index in [1.807, 2.05) is 20.8 Å². The zero-order chi connectivity index (χ0) is 14.9. The summed E-state index contributed by atoms with van der Waals surface area (Å²) >= 11 is 0. The molecule has 0 aromatic rings. The van der Waals surface area contributed by atoms with E-state index in [4.69, 9.17) is 9.47 Å². The van der Waals surface area contributed by atoms with Gasteiger partial charge in [0, 0.05) is 23.9 Å². The van der Waals surface area contributed by atoms with Gasteiger partial charge in [-0.2, -0.15) is 0 Å². The Morgan fingerprint density at radius 2 is 1.42 bits per heavy atom. The van der Waals surface area contributed by atoms with Gasteiger partial charge >= 0.3 is 0 Å². The highest BCUT2D eigenvalue weighted by Crippen LogP contribution is 2.16. The Morgan fingerprint density at radius 3 is 1.89 bits per heavy atom. The van der Waals surface area contributed by atoms with E-state index in [2.05, 4.69) is 26.1 Å². The molecule has 0 rings (SSSR count). The van der Waals surface area contributed by atoms with Crippen LogP contribution in [0.4, 0.5) is 0 Å². The molecule has 4 nitrogen and oxygen atoms in total. The molecule has 19 heavy (non-hydrogen) atoms. The molecule has 0 aromatic carbocycles. The third kappa shape index (κ3) is 12.3. The molecule has 0 aliphatic carbocycles. The first-order valence-corrected chi connectivity index (χ1v) is 7.07. The van der Waals surface area contributed by atoms with Crippen LogP contribution in [-0.2, 0) is 14.3 Å². The molecule has 0 bridgehead atoms. The molecule has 0 aromatic heterocycles. The summed E-state index contributed by atoms with van der Waals surface area (Å²) in [5.41, 5.74) is -0.133. The fourth-order valence-electron chi connectivity index (χ4n) is 1.36. The van der Waals surface area contributed by atoms with Gasteiger partial charge in [-0.25, -0.2) is 0 Å². The maximum absolute atomic E-state index is 11.6. The first kappa shape index (κ1) is 18.6. The van der Waals surface area contributed by atoms with Crippen LogP contribution < -0.4 is 5.32 Å². The third-order valence-corrected chi connectivity index (χ3v) is 2.58. The zero-order valence-corrected chi connectivity index (χ0v) is 13.5. The van der Waals surface area contributed by atoms with Gasteiger partial charge in [0.1, 0.15) is 5.78 Å². The summed E-state index contributed by atoms with van der Waals surface area (Å²) in [5, 5.41) is 3.35. The molecule has 0 aliphatic heterocycles. The average Bonchev–Trinajstić information content (AvgIpc) is 2.23. The highest BCUT2D eigenvalue weighted by Gasteiger charge is 2.20. The summed E-state index contributed by atoms with van der Waals surface area (Å²) in [4.78, 5) is 11.6. The fraction of sp³-hybridized carbons (Fsp3) is 0.933. The van der Waals surface area contributed by atoms with Crippen LogP contribution in [0.15, 0.2) is 0 Å². The highest BCUT2D eigenvalue weighted by atomic mass is 16.5. The van der Waals surface area contributed by atoms with Crippen LogP contribution in [0, 0.1) is 5.41 Å². The number of rotatable bonds is 9. The molecule has 0 saturated carbocycles. The quantitative estimate of drug-likeness (QED) is 0.655. The van der Waals surface area contributed by atoms with Gasteiger partial charge in [-0.1, -0.05) is 20.8 Å². The van der Waals surface area contributed by atoms with Crippen molar-refractivity contribution in [2.24, 2.45) is 5.41 Å². The topological polar surface area (TPSA) is 47.6 Å². The predicted octanol–water partition coefficient (Wildman–Crippen LogP) is 2.41. The molecule has 0 heterocycles. The second kappa shape index (κ2) is 8.67. The van der Waals surface area contributed by atoms with E-state index >= 15 is 0 Å². The van der Waals surface area contributed by atoms with Gasteiger partial charge in [-0.3, -0.25) is 4.79 Å². The van der Waals surface area contributed by atoms with Gasteiger partial charge in [0.15, 0.2) is 0 Å². The van der Waals surface area contributed by atoms with Crippen molar-refractivity contribution >= 4 is 5.78 Å². The van der Waals surface area contributed by atoms with Gasteiger partial charge in [0.25, 0.3) is 0 Å². The van der Waals surface area contributed by atoms with Crippen LogP contribution in [0.3, 0.4) is 0 Å². The highest BCUT2D eigenvalue weighted by molar-refractivity contribution is 5.83. The molecular weight excluding hydrogens is 242 g/mol. The van der Waals surface area contributed by atoms with E-state index in [0.29, 0.717) is 32.8 Å². The lowest BCUT2D eigenvalue weighted by Crippen LogP contribution is -2.38. The monoisotopic (exact) mass is 273 g/mol. The summed E-state index contributed by atoms with van der Waals surface area (Å²) < 4.78 is 10.8. The minimum Gasteiger partial charge on any atom is -0.379 e. The average molecular weight is 273 g/mol. The van der Waals surface area contributed by atoms with Crippen LogP contribution in [0.2, 0.25) is 0 Å². The summed E-state index contributed by atoms with van der Waals surface area (Å²) in [7, 11) is 0. The van der Waals surface area contributed by atoms with Gasteiger partial charge in [0.05, 0.1) is 26.4 Å². The molecule has 0 amide bonds. The summed E-state index contributed by atoms with van der Waals surface area (Å²) in [6.07, 6.45) is 0.481. The molecule has 4 heteroatoms. The second-order valence-corrected chi connectivity index (χ2v) is 6.82. The molecule has 0 spiro atoms. The molecular formula is C15H31NO3. The van der Waals surface area contributed by atoms with Crippen molar-refractivity contribution in [1.29, 1.82) is 0 Å². The number of hydrogen-bond acceptors (Lipinski definition) is 4. The van der Waals surface area contributed by atoms with E-state index in [1.165, 1.54) is 0 Å². The summed E-state index contributed by atoms with van der Waals surface area (Å²) in [6, 6.07) is 0. The van der Waals surface area contributed by atoms with Gasteiger partial charge in [0.2, 0.25) is 0 Å². The maximum atomic E-state index is 11.6. The van der Waals surface area contributed by atoms with Crippen molar-refractivity contribution in [3.8, 4) is 0 Å². The fourth-order valence-corrected chi connectivity index (χ4v) is 1.36. The number of carbonyl (C=O) groups is 1. The molecule has 0 atom stereocenters. The predicted molar refractivity (Wildman–Crippen MR) is 78.5 cm³/mol. The van der Waals surface area contributed by atoms with Crippen LogP contribution in [0.1, 0.15) is 48.0 Å². The van der Waals surface area contributed by atoms with E-state index in [1.54, 1.807) is 0 Å². The Labute approximate surface area is 118 Å². The summed E-state index contributed by atoms with van der Waals surface area (Å²) in [5.74, 6) is 0.239. The Kier molecular flexibility index (Phi) is 8.46. The Bertz CT molecular complexity index is 251. The largest absolute Gasteiger partial charge is 0.379 e. The van der Waals surface area contributed by atoms with Crippen LogP contribution >= 0.6 is 0 Å². The van der Waals surface area contributed by atoms with Crippen molar-refractivity contribution in [2.45, 2.75) is 53.5 Å². The van der Waals surface area contributed by atoms with Crippen molar-refractivity contribution in [3.63, 3.8) is 0 Å². The Morgan fingerprint density at radius 1 is 0.895 bits per heavy atom. The number of ketones is 1. The van der Waals surface area contributed by atoms with Gasteiger partial charge < -0.3 is 14.8 Å². The molecule has 0 aliphatic rings. The van der Waals surface area contributed by atoms with E-state index in [0.717, 1.165) is 6.54 Å². The number of Topliss-reactive ketones (excluding diaryl/α,β-unsaturated/α-hetero) is 1. The van der Waals surface area contributed by atoms with Crippen LogP contribution in [0.5, 0.6) is 0 Å². The molecule has 0 unspecified atom stereocenters. The minimum atomic E-state index is -0.265. The third-order valence-electron chi connectivity index (χ3n) is 2.58. The smallest absolute Gasteiger partial charge is 0.140 e. The van der Waals surface area contributed by atoms with E-state index in [9.17, 15) is 4.79 Å². The van der Waals surface area contributed by atoms with E-state index in [-0.39, 0.29) is 16.7 Å². The van der Waals surface area contributed by atoms with Crippen LogP contribution in [-0.4, -0.2) is 44.3 Å². The number of nitrogens with one attached hydrogen (secondary N) is 1. The molecule has 0 saturated heterocycles. The van der Waals surface area contributed by atoms with Crippen molar-refractivity contribution < 1.29 is 14.3 Å². The second-order valence-electron chi connectivity index (χ2n) is 6.82. The summed E-state index contributed by atoms with van der Waals surface area (Å²) in [6.45, 7) is 15.3. The minimum absolute atomic E-state index is 0.132. The SMILES string of the molecule is CC(C)(C)NCCOCCOCCC(=O)C(C)(C)C. The van der Waals surface area contributed by atoms with Crippen molar-refractivity contribution in [2.75, 3.05) is 33.0 Å². The first-order valence-electron chi connectivity index (χ1n) is 7.07. The lowest BCUT2D eigenvalue weighted by molar-refractivity contribution is -0.127. The zero-order valence-electron chi connectivity index (χ0n) is 13.5. The van der Waals surface area contributed by atoms with Gasteiger partial charge in [-0.05, 0) is 20.8 Å². The van der Waals surface area contributed by atoms with Crippen LogP contribution in [0.25, 0.3) is 0 Å². The Balaban J connectivity index is 3.31. The molecule has 1 N–H and O–H groups in total. The molecule has 114 valence electrons. The first-order chi connectivity index (χ1) is 8.63. The van der Waals surface area contributed by atoms with Crippen molar-refractivity contribution in [3.05, 3.63) is 0 Å².